The molecule has 0 aromatic carbocycles. The van der Waals surface area contributed by atoms with E-state index in [9.17, 15) is 8.42 Å². The van der Waals surface area contributed by atoms with Gasteiger partial charge < -0.3 is 5.73 Å². The first-order valence-electron chi connectivity index (χ1n) is 7.69. The van der Waals surface area contributed by atoms with Gasteiger partial charge in [-0.3, -0.25) is 4.68 Å². The molecule has 120 valence electrons. The molecule has 0 saturated heterocycles. The number of nitrogens with one attached hydrogen (secondary N) is 1. The average Bonchev–Trinajstić information content (AvgIpc) is 3.18. The molecule has 1 aliphatic rings. The van der Waals surface area contributed by atoms with E-state index in [1.54, 1.807) is 18.5 Å². The molecule has 1 heterocycles. The summed E-state index contributed by atoms with van der Waals surface area (Å²) in [5.74, 6) is 0.831. The van der Waals surface area contributed by atoms with Gasteiger partial charge in [0.15, 0.2) is 0 Å². The Hall–Kier alpha value is -0.920. The molecule has 21 heavy (non-hydrogen) atoms. The highest BCUT2D eigenvalue weighted by molar-refractivity contribution is 7.89. The minimum absolute atomic E-state index is 0.325. The van der Waals surface area contributed by atoms with Crippen molar-refractivity contribution in [3.63, 3.8) is 0 Å². The van der Waals surface area contributed by atoms with Crippen molar-refractivity contribution >= 4 is 10.0 Å². The van der Waals surface area contributed by atoms with Crippen LogP contribution in [0.5, 0.6) is 0 Å². The lowest BCUT2D eigenvalue weighted by atomic mass is 10.2. The van der Waals surface area contributed by atoms with Crippen molar-refractivity contribution in [3.8, 4) is 0 Å². The van der Waals surface area contributed by atoms with Crippen LogP contribution in [0.2, 0.25) is 0 Å². The Bertz CT molecular complexity index is 576. The molecule has 7 heteroatoms. The van der Waals surface area contributed by atoms with Crippen LogP contribution < -0.4 is 10.5 Å². The Balaban J connectivity index is 2.01. The highest BCUT2D eigenvalue weighted by Crippen LogP contribution is 2.33. The molecule has 0 bridgehead atoms. The number of nitrogens with zero attached hydrogens (tertiary/aromatic N) is 2. The first-order chi connectivity index (χ1) is 9.95. The minimum Gasteiger partial charge on any atom is -0.330 e. The summed E-state index contributed by atoms with van der Waals surface area (Å²) in [6, 6.07) is 0. The molecule has 0 unspecified atom stereocenters. The Morgan fingerprint density at radius 1 is 1.33 bits per heavy atom. The van der Waals surface area contributed by atoms with E-state index < -0.39 is 10.0 Å². The standard InChI is InChI=1S/C14H26N4O2S/c1-11-14(12(2)18(17-11)10-4-8-15)21(19,20)16-9-3-5-13-6-7-13/h13,16H,3-10,15H2,1-2H3. The summed E-state index contributed by atoms with van der Waals surface area (Å²) < 4.78 is 29.3. The third-order valence-corrected chi connectivity index (χ3v) is 5.65. The molecule has 0 spiro atoms. The smallest absolute Gasteiger partial charge is 0.244 e. The van der Waals surface area contributed by atoms with Gasteiger partial charge in [0.1, 0.15) is 4.90 Å². The van der Waals surface area contributed by atoms with Crippen LogP contribution in [0.4, 0.5) is 0 Å². The highest BCUT2D eigenvalue weighted by Gasteiger charge is 2.25. The predicted molar refractivity (Wildman–Crippen MR) is 82.5 cm³/mol. The predicted octanol–water partition coefficient (Wildman–Crippen LogP) is 1.32. The first kappa shape index (κ1) is 16.5. The van der Waals surface area contributed by atoms with E-state index >= 15 is 0 Å². The highest BCUT2D eigenvalue weighted by atomic mass is 32.2. The van der Waals surface area contributed by atoms with Crippen LogP contribution in [0.15, 0.2) is 4.90 Å². The summed E-state index contributed by atoms with van der Waals surface area (Å²) in [5.41, 5.74) is 6.74. The Kier molecular flexibility index (Phi) is 5.40. The second kappa shape index (κ2) is 6.89. The topological polar surface area (TPSA) is 90.0 Å². The summed E-state index contributed by atoms with van der Waals surface area (Å²) >= 11 is 0. The summed E-state index contributed by atoms with van der Waals surface area (Å²) in [6.07, 6.45) is 5.42. The molecule has 0 aliphatic heterocycles. The zero-order chi connectivity index (χ0) is 15.5. The van der Waals surface area contributed by atoms with Gasteiger partial charge in [-0.2, -0.15) is 5.10 Å². The SMILES string of the molecule is Cc1nn(CCCN)c(C)c1S(=O)(=O)NCCCC1CC1. The molecule has 6 nitrogen and oxygen atoms in total. The van der Waals surface area contributed by atoms with Crippen LogP contribution >= 0.6 is 0 Å². The second-order valence-electron chi connectivity index (χ2n) is 5.85. The van der Waals surface area contributed by atoms with Gasteiger partial charge in [0.25, 0.3) is 0 Å². The average molecular weight is 314 g/mol. The summed E-state index contributed by atoms with van der Waals surface area (Å²) in [4.78, 5) is 0.325. The van der Waals surface area contributed by atoms with Crippen LogP contribution in [0.1, 0.15) is 43.5 Å². The van der Waals surface area contributed by atoms with E-state index in [1.165, 1.54) is 12.8 Å². The zero-order valence-electron chi connectivity index (χ0n) is 12.9. The van der Waals surface area contributed by atoms with Gasteiger partial charge in [-0.05, 0) is 45.6 Å². The van der Waals surface area contributed by atoms with E-state index in [0.29, 0.717) is 35.9 Å². The summed E-state index contributed by atoms with van der Waals surface area (Å²) in [5, 5.41) is 4.32. The zero-order valence-corrected chi connectivity index (χ0v) is 13.7. The molecule has 0 amide bonds. The quantitative estimate of drug-likeness (QED) is 0.673. The lowest BCUT2D eigenvalue weighted by Gasteiger charge is -2.08. The third-order valence-electron chi connectivity index (χ3n) is 3.94. The van der Waals surface area contributed by atoms with Crippen LogP contribution in [-0.2, 0) is 16.6 Å². The van der Waals surface area contributed by atoms with E-state index in [-0.39, 0.29) is 0 Å². The number of aromatic nitrogens is 2. The summed E-state index contributed by atoms with van der Waals surface area (Å²) in [6.45, 7) is 5.27. The van der Waals surface area contributed by atoms with Gasteiger partial charge in [0.2, 0.25) is 10.0 Å². The number of aryl methyl sites for hydroxylation is 2. The monoisotopic (exact) mass is 314 g/mol. The fraction of sp³-hybridized carbons (Fsp3) is 0.786. The van der Waals surface area contributed by atoms with E-state index in [0.717, 1.165) is 25.2 Å². The van der Waals surface area contributed by atoms with Gasteiger partial charge >= 0.3 is 0 Å². The van der Waals surface area contributed by atoms with Crippen molar-refractivity contribution in [1.29, 1.82) is 0 Å². The molecule has 3 N–H and O–H groups in total. The minimum atomic E-state index is -3.47. The normalized spacial score (nSPS) is 15.6. The van der Waals surface area contributed by atoms with Crippen molar-refractivity contribution < 1.29 is 8.42 Å². The van der Waals surface area contributed by atoms with Gasteiger partial charge in [-0.25, -0.2) is 13.1 Å². The van der Waals surface area contributed by atoms with Crippen LogP contribution in [0.25, 0.3) is 0 Å². The van der Waals surface area contributed by atoms with Gasteiger partial charge in [-0.1, -0.05) is 12.8 Å². The van der Waals surface area contributed by atoms with E-state index in [2.05, 4.69) is 9.82 Å². The Morgan fingerprint density at radius 2 is 2.05 bits per heavy atom. The molecular weight excluding hydrogens is 288 g/mol. The fourth-order valence-corrected chi connectivity index (χ4v) is 4.09. The van der Waals surface area contributed by atoms with Crippen LogP contribution in [-0.4, -0.2) is 31.3 Å². The largest absolute Gasteiger partial charge is 0.330 e. The molecule has 0 radical (unpaired) electrons. The summed E-state index contributed by atoms with van der Waals surface area (Å²) in [7, 11) is -3.47. The van der Waals surface area contributed by atoms with Gasteiger partial charge in [-0.15, -0.1) is 0 Å². The van der Waals surface area contributed by atoms with Gasteiger partial charge in [0.05, 0.1) is 11.4 Å². The number of rotatable bonds is 9. The first-order valence-corrected chi connectivity index (χ1v) is 9.17. The number of nitrogens with two attached hydrogens (primary N) is 1. The van der Waals surface area contributed by atoms with E-state index in [4.69, 9.17) is 5.73 Å². The third kappa shape index (κ3) is 4.28. The molecule has 2 rings (SSSR count). The molecule has 1 aromatic rings. The Labute approximate surface area is 127 Å². The molecule has 1 saturated carbocycles. The van der Waals surface area contributed by atoms with Crippen molar-refractivity contribution in [2.45, 2.75) is 57.4 Å². The van der Waals surface area contributed by atoms with Crippen molar-refractivity contribution in [2.75, 3.05) is 13.1 Å². The van der Waals surface area contributed by atoms with Crippen LogP contribution in [0, 0.1) is 19.8 Å². The molecule has 0 atom stereocenters. The fourth-order valence-electron chi connectivity index (χ4n) is 2.60. The maximum atomic E-state index is 12.4. The maximum Gasteiger partial charge on any atom is 0.244 e. The second-order valence-corrected chi connectivity index (χ2v) is 7.55. The van der Waals surface area contributed by atoms with Gasteiger partial charge in [0, 0.05) is 13.1 Å². The number of hydrogen-bond donors (Lipinski definition) is 2. The van der Waals surface area contributed by atoms with Crippen molar-refractivity contribution in [3.05, 3.63) is 11.4 Å². The lowest BCUT2D eigenvalue weighted by molar-refractivity contribution is 0.561. The van der Waals surface area contributed by atoms with Crippen molar-refractivity contribution in [1.82, 2.24) is 14.5 Å². The van der Waals surface area contributed by atoms with Crippen LogP contribution in [0.3, 0.4) is 0 Å². The van der Waals surface area contributed by atoms with E-state index in [1.807, 2.05) is 0 Å². The number of hydrogen-bond acceptors (Lipinski definition) is 4. The lowest BCUT2D eigenvalue weighted by Crippen LogP contribution is -2.26. The number of sulfonamides is 1. The molecular formula is C14H26N4O2S. The molecule has 1 fully saturated rings. The molecule has 1 aromatic heterocycles. The molecule has 1 aliphatic carbocycles. The maximum absolute atomic E-state index is 12.4. The van der Waals surface area contributed by atoms with Crippen molar-refractivity contribution in [2.24, 2.45) is 11.7 Å². The Morgan fingerprint density at radius 3 is 2.67 bits per heavy atom.